The molecule has 1 aromatic heterocycles. The number of hydrazone groups is 1. The van der Waals surface area contributed by atoms with Gasteiger partial charge in [0, 0.05) is 27.1 Å². The van der Waals surface area contributed by atoms with Crippen molar-refractivity contribution in [3.63, 3.8) is 0 Å². The molecule has 3 aromatic carbocycles. The van der Waals surface area contributed by atoms with Crippen molar-refractivity contribution < 1.29 is 17.6 Å². The molecule has 4 rings (SSSR count). The van der Waals surface area contributed by atoms with Crippen molar-refractivity contribution in [3.05, 3.63) is 112 Å². The van der Waals surface area contributed by atoms with Crippen molar-refractivity contribution in [1.29, 1.82) is 0 Å². The quantitative estimate of drug-likeness (QED) is 0.211. The molecular weight excluding hydrogens is 571 g/mol. The number of amides is 1. The summed E-state index contributed by atoms with van der Waals surface area (Å²) >= 11 is 3.37. The highest BCUT2D eigenvalue weighted by Gasteiger charge is 2.27. The summed E-state index contributed by atoms with van der Waals surface area (Å²) in [5.41, 5.74) is 7.01. The molecule has 0 bridgehead atoms. The zero-order chi connectivity index (χ0) is 27.4. The number of aromatic nitrogens is 1. The predicted octanol–water partition coefficient (Wildman–Crippen LogP) is 5.65. The molecule has 0 aliphatic carbocycles. The average molecular weight is 598 g/mol. The molecular formula is C28H26BrFN4O3S. The number of carbonyl (C=O) groups excluding carboxylic acids is 1. The lowest BCUT2D eigenvalue weighted by Crippen LogP contribution is -2.39. The maximum Gasteiger partial charge on any atom is 0.264 e. The summed E-state index contributed by atoms with van der Waals surface area (Å²) in [5, 5.41) is 4.07. The third-order valence-electron chi connectivity index (χ3n) is 5.94. The Balaban J connectivity index is 1.55. The number of rotatable bonds is 8. The second kappa shape index (κ2) is 11.3. The van der Waals surface area contributed by atoms with E-state index in [9.17, 15) is 17.6 Å². The Hall–Kier alpha value is -3.76. The van der Waals surface area contributed by atoms with E-state index in [1.165, 1.54) is 30.5 Å². The van der Waals surface area contributed by atoms with Gasteiger partial charge in [-0.25, -0.2) is 18.2 Å². The second-order valence-corrected chi connectivity index (χ2v) is 11.5. The minimum absolute atomic E-state index is 0.0765. The third-order valence-corrected chi connectivity index (χ3v) is 8.22. The largest absolute Gasteiger partial charge is 0.318 e. The van der Waals surface area contributed by atoms with Gasteiger partial charge in [-0.1, -0.05) is 39.7 Å². The number of anilines is 1. The van der Waals surface area contributed by atoms with Gasteiger partial charge in [-0.05, 0) is 81.4 Å². The van der Waals surface area contributed by atoms with Crippen LogP contribution in [0.3, 0.4) is 0 Å². The molecule has 0 aliphatic heterocycles. The summed E-state index contributed by atoms with van der Waals surface area (Å²) in [7, 11) is -4.03. The molecule has 1 amide bonds. The van der Waals surface area contributed by atoms with Gasteiger partial charge in [0.25, 0.3) is 15.9 Å². The lowest BCUT2D eigenvalue weighted by atomic mass is 10.2. The fourth-order valence-electron chi connectivity index (χ4n) is 4.03. The number of nitrogens with zero attached hydrogens (tertiary/aromatic N) is 3. The first kappa shape index (κ1) is 27.3. The highest BCUT2D eigenvalue weighted by Crippen LogP contribution is 2.26. The van der Waals surface area contributed by atoms with Crippen LogP contribution in [-0.4, -0.2) is 31.7 Å². The molecule has 38 heavy (non-hydrogen) atoms. The molecule has 0 atom stereocenters. The van der Waals surface area contributed by atoms with E-state index >= 15 is 0 Å². The number of benzene rings is 3. The van der Waals surface area contributed by atoms with E-state index < -0.39 is 22.5 Å². The van der Waals surface area contributed by atoms with Gasteiger partial charge in [-0.3, -0.25) is 9.10 Å². The molecule has 0 radical (unpaired) electrons. The molecule has 0 aliphatic rings. The van der Waals surface area contributed by atoms with Gasteiger partial charge in [0.15, 0.2) is 0 Å². The summed E-state index contributed by atoms with van der Waals surface area (Å²) in [6.07, 6.45) is 1.50. The molecule has 0 spiro atoms. The van der Waals surface area contributed by atoms with Crippen LogP contribution in [-0.2, 0) is 14.8 Å². The van der Waals surface area contributed by atoms with Crippen LogP contribution in [0.2, 0.25) is 0 Å². The van der Waals surface area contributed by atoms with E-state index in [1.54, 1.807) is 48.5 Å². The molecule has 0 unspecified atom stereocenters. The fraction of sp³-hybridized carbons (Fsp3) is 0.143. The summed E-state index contributed by atoms with van der Waals surface area (Å²) < 4.78 is 44.0. The van der Waals surface area contributed by atoms with E-state index in [-0.39, 0.29) is 10.7 Å². The van der Waals surface area contributed by atoms with Crippen LogP contribution in [0, 0.1) is 26.6 Å². The standard InChI is InChI=1S/C28H26BrFN4O3S/c1-19-7-13-27(14-8-19)38(36,37)33(26-6-4-5-23(29)16-26)18-28(35)32-31-17-22-15-20(2)34(21(22)3)25-11-9-24(30)10-12-25/h4-17H,18H2,1-3H3,(H,32,35)/b31-17-. The fourth-order valence-corrected chi connectivity index (χ4v) is 5.83. The van der Waals surface area contributed by atoms with Crippen LogP contribution in [0.1, 0.15) is 22.5 Å². The van der Waals surface area contributed by atoms with Gasteiger partial charge in [-0.2, -0.15) is 5.10 Å². The minimum Gasteiger partial charge on any atom is -0.318 e. The molecule has 7 nitrogen and oxygen atoms in total. The maximum absolute atomic E-state index is 13.5. The number of nitrogens with one attached hydrogen (secondary N) is 1. The van der Waals surface area contributed by atoms with Crippen molar-refractivity contribution in [1.82, 2.24) is 9.99 Å². The maximum atomic E-state index is 13.5. The zero-order valence-corrected chi connectivity index (χ0v) is 23.4. The van der Waals surface area contributed by atoms with Gasteiger partial charge in [0.2, 0.25) is 0 Å². The zero-order valence-electron chi connectivity index (χ0n) is 21.0. The first-order chi connectivity index (χ1) is 18.1. The first-order valence-electron chi connectivity index (χ1n) is 11.7. The van der Waals surface area contributed by atoms with Crippen molar-refractivity contribution in [3.8, 4) is 5.69 Å². The second-order valence-electron chi connectivity index (χ2n) is 8.74. The summed E-state index contributed by atoms with van der Waals surface area (Å²) in [4.78, 5) is 12.9. The van der Waals surface area contributed by atoms with Crippen molar-refractivity contribution in [2.75, 3.05) is 10.8 Å². The van der Waals surface area contributed by atoms with E-state index in [0.717, 1.165) is 32.5 Å². The number of carbonyl (C=O) groups is 1. The molecule has 4 aromatic rings. The van der Waals surface area contributed by atoms with E-state index in [2.05, 4.69) is 26.5 Å². The number of hydrogen-bond donors (Lipinski definition) is 1. The van der Waals surface area contributed by atoms with Crippen molar-refractivity contribution in [2.24, 2.45) is 5.10 Å². The first-order valence-corrected chi connectivity index (χ1v) is 13.9. The molecule has 1 heterocycles. The predicted molar refractivity (Wildman–Crippen MR) is 151 cm³/mol. The molecule has 1 N–H and O–H groups in total. The van der Waals surface area contributed by atoms with Crippen molar-refractivity contribution in [2.45, 2.75) is 25.7 Å². The molecule has 10 heteroatoms. The lowest BCUT2D eigenvalue weighted by Gasteiger charge is -2.24. The Morgan fingerprint density at radius 2 is 1.71 bits per heavy atom. The van der Waals surface area contributed by atoms with Gasteiger partial charge in [0.05, 0.1) is 16.8 Å². The van der Waals surface area contributed by atoms with Crippen LogP contribution < -0.4 is 9.73 Å². The summed E-state index contributed by atoms with van der Waals surface area (Å²) in [5.74, 6) is -0.925. The summed E-state index contributed by atoms with van der Waals surface area (Å²) in [6.45, 7) is 5.20. The van der Waals surface area contributed by atoms with Crippen LogP contribution in [0.15, 0.2) is 93.3 Å². The number of hydrogen-bond acceptors (Lipinski definition) is 4. The smallest absolute Gasteiger partial charge is 0.264 e. The Morgan fingerprint density at radius 1 is 1.03 bits per heavy atom. The third kappa shape index (κ3) is 6.03. The highest BCUT2D eigenvalue weighted by atomic mass is 79.9. The molecule has 0 fully saturated rings. The number of halogens is 2. The molecule has 196 valence electrons. The Bertz CT molecular complexity index is 1600. The van der Waals surface area contributed by atoms with Crippen LogP contribution in [0.5, 0.6) is 0 Å². The topological polar surface area (TPSA) is 83.8 Å². The van der Waals surface area contributed by atoms with Crippen LogP contribution in [0.4, 0.5) is 10.1 Å². The Labute approximate surface area is 229 Å². The van der Waals surface area contributed by atoms with Crippen LogP contribution in [0.25, 0.3) is 5.69 Å². The highest BCUT2D eigenvalue weighted by molar-refractivity contribution is 9.10. The summed E-state index contributed by atoms with van der Waals surface area (Å²) in [6, 6.07) is 21.2. The average Bonchev–Trinajstić information content (AvgIpc) is 3.16. The Morgan fingerprint density at radius 3 is 2.37 bits per heavy atom. The van der Waals surface area contributed by atoms with Gasteiger partial charge < -0.3 is 4.57 Å². The van der Waals surface area contributed by atoms with E-state index in [0.29, 0.717) is 10.2 Å². The van der Waals surface area contributed by atoms with E-state index in [1.807, 2.05) is 31.4 Å². The van der Waals surface area contributed by atoms with Gasteiger partial charge >= 0.3 is 0 Å². The Kier molecular flexibility index (Phi) is 8.13. The molecule has 0 saturated carbocycles. The lowest BCUT2D eigenvalue weighted by molar-refractivity contribution is -0.119. The molecule has 0 saturated heterocycles. The van der Waals surface area contributed by atoms with Gasteiger partial charge in [-0.15, -0.1) is 0 Å². The minimum atomic E-state index is -4.03. The van der Waals surface area contributed by atoms with Crippen LogP contribution >= 0.6 is 15.9 Å². The monoisotopic (exact) mass is 596 g/mol. The normalized spacial score (nSPS) is 11.6. The van der Waals surface area contributed by atoms with E-state index in [4.69, 9.17) is 0 Å². The number of sulfonamides is 1. The number of aryl methyl sites for hydroxylation is 2. The van der Waals surface area contributed by atoms with Gasteiger partial charge in [0.1, 0.15) is 12.4 Å². The van der Waals surface area contributed by atoms with Crippen molar-refractivity contribution >= 4 is 43.8 Å². The SMILES string of the molecule is Cc1ccc(S(=O)(=O)N(CC(=O)N/N=C\c2cc(C)n(-c3ccc(F)cc3)c2C)c2cccc(Br)c2)cc1.